The Morgan fingerprint density at radius 3 is 2.67 bits per heavy atom. The van der Waals surface area contributed by atoms with Gasteiger partial charge in [-0.2, -0.15) is 0 Å². The molecule has 1 saturated heterocycles. The van der Waals surface area contributed by atoms with Crippen LogP contribution in [0.2, 0.25) is 5.02 Å². The van der Waals surface area contributed by atoms with Gasteiger partial charge in [-0.25, -0.2) is 13.8 Å². The summed E-state index contributed by atoms with van der Waals surface area (Å²) in [7, 11) is 0. The van der Waals surface area contributed by atoms with Gasteiger partial charge in [-0.3, -0.25) is 14.2 Å². The number of ether oxygens (including phenoxy) is 1. The minimum atomic E-state index is -0.915. The van der Waals surface area contributed by atoms with E-state index in [2.05, 4.69) is 4.98 Å². The largest absolute Gasteiger partial charge is 0.378 e. The molecule has 0 spiro atoms. The Morgan fingerprint density at radius 2 is 1.93 bits per heavy atom. The first-order chi connectivity index (χ1) is 14.4. The van der Waals surface area contributed by atoms with Crippen molar-refractivity contribution in [3.63, 3.8) is 0 Å². The molecule has 30 heavy (non-hydrogen) atoms. The molecule has 1 aliphatic rings. The molecule has 1 amide bonds. The Bertz CT molecular complexity index is 1180. The molecular weight excluding hydrogens is 436 g/mol. The summed E-state index contributed by atoms with van der Waals surface area (Å²) in [5.74, 6) is -1.81. The number of aromatic nitrogens is 2. The van der Waals surface area contributed by atoms with E-state index in [1.54, 1.807) is 17.0 Å². The molecule has 0 N–H and O–H groups in total. The Balaban J connectivity index is 1.77. The fourth-order valence-corrected chi connectivity index (χ4v) is 4.22. The molecule has 10 heteroatoms. The SMILES string of the molecule is O=C(CSc1nc2ccc(Cl)cc2c(=O)n1-c1ccc(F)cc1F)N1CCOCC1. The predicted octanol–water partition coefficient (Wildman–Crippen LogP) is 3.27. The molecule has 0 aliphatic carbocycles. The van der Waals surface area contributed by atoms with E-state index >= 15 is 0 Å². The lowest BCUT2D eigenvalue weighted by atomic mass is 10.2. The molecule has 2 heterocycles. The van der Waals surface area contributed by atoms with E-state index in [0.717, 1.165) is 28.5 Å². The summed E-state index contributed by atoms with van der Waals surface area (Å²) >= 11 is 7.02. The van der Waals surface area contributed by atoms with E-state index in [1.807, 2.05) is 0 Å². The molecule has 2 aromatic carbocycles. The first-order valence-corrected chi connectivity index (χ1v) is 10.5. The summed E-state index contributed by atoms with van der Waals surface area (Å²) in [6.07, 6.45) is 0. The van der Waals surface area contributed by atoms with Crippen LogP contribution in [0.3, 0.4) is 0 Å². The van der Waals surface area contributed by atoms with Gasteiger partial charge < -0.3 is 9.64 Å². The van der Waals surface area contributed by atoms with E-state index in [1.165, 1.54) is 6.07 Å². The molecule has 0 radical (unpaired) electrons. The van der Waals surface area contributed by atoms with Crippen molar-refractivity contribution >= 4 is 40.2 Å². The maximum Gasteiger partial charge on any atom is 0.266 e. The van der Waals surface area contributed by atoms with Gasteiger partial charge in [0.1, 0.15) is 11.6 Å². The number of morpholine rings is 1. The molecule has 156 valence electrons. The molecule has 0 unspecified atom stereocenters. The van der Waals surface area contributed by atoms with E-state index in [0.29, 0.717) is 42.9 Å². The van der Waals surface area contributed by atoms with Crippen molar-refractivity contribution in [2.45, 2.75) is 5.16 Å². The second-order valence-electron chi connectivity index (χ2n) is 6.57. The summed E-state index contributed by atoms with van der Waals surface area (Å²) < 4.78 is 34.2. The number of nitrogens with zero attached hydrogens (tertiary/aromatic N) is 3. The van der Waals surface area contributed by atoms with Gasteiger partial charge in [-0.15, -0.1) is 0 Å². The van der Waals surface area contributed by atoms with Crippen LogP contribution in [-0.4, -0.2) is 52.4 Å². The standard InChI is InChI=1S/C20H16ClF2N3O3S/c21-12-1-3-16-14(9-12)19(28)26(17-4-2-13(22)10-15(17)23)20(24-16)30-11-18(27)25-5-7-29-8-6-25/h1-4,9-10H,5-8,11H2. The van der Waals surface area contributed by atoms with Gasteiger partial charge in [-0.05, 0) is 30.3 Å². The quantitative estimate of drug-likeness (QED) is 0.450. The number of halogens is 3. The van der Waals surface area contributed by atoms with Gasteiger partial charge in [0.05, 0.1) is 35.6 Å². The summed E-state index contributed by atoms with van der Waals surface area (Å²) in [5.41, 5.74) is -0.351. The van der Waals surface area contributed by atoms with Crippen LogP contribution in [-0.2, 0) is 9.53 Å². The molecule has 6 nitrogen and oxygen atoms in total. The van der Waals surface area contributed by atoms with Gasteiger partial charge in [-0.1, -0.05) is 23.4 Å². The Kier molecular flexibility index (Phi) is 6.03. The van der Waals surface area contributed by atoms with Crippen LogP contribution in [0.25, 0.3) is 16.6 Å². The Morgan fingerprint density at radius 1 is 1.17 bits per heavy atom. The first kappa shape index (κ1) is 20.8. The van der Waals surface area contributed by atoms with Crippen molar-refractivity contribution in [1.82, 2.24) is 14.5 Å². The van der Waals surface area contributed by atoms with Crippen molar-refractivity contribution in [2.75, 3.05) is 32.1 Å². The van der Waals surface area contributed by atoms with Crippen LogP contribution in [0, 0.1) is 11.6 Å². The summed E-state index contributed by atoms with van der Waals surface area (Å²) in [6, 6.07) is 7.53. The van der Waals surface area contributed by atoms with E-state index < -0.39 is 17.2 Å². The second-order valence-corrected chi connectivity index (χ2v) is 7.95. The molecule has 0 bridgehead atoms. The number of carbonyl (C=O) groups excluding carboxylic acids is 1. The third-order valence-electron chi connectivity index (χ3n) is 4.64. The highest BCUT2D eigenvalue weighted by molar-refractivity contribution is 7.99. The van der Waals surface area contributed by atoms with Crippen LogP contribution in [0.5, 0.6) is 0 Å². The average Bonchev–Trinajstić information content (AvgIpc) is 2.74. The van der Waals surface area contributed by atoms with Gasteiger partial charge in [0, 0.05) is 24.2 Å². The van der Waals surface area contributed by atoms with Gasteiger partial charge in [0.2, 0.25) is 5.91 Å². The highest BCUT2D eigenvalue weighted by Crippen LogP contribution is 2.25. The number of benzene rings is 2. The maximum absolute atomic E-state index is 14.5. The average molecular weight is 452 g/mol. The molecule has 0 saturated carbocycles. The minimum Gasteiger partial charge on any atom is -0.378 e. The number of rotatable bonds is 4. The van der Waals surface area contributed by atoms with Crippen LogP contribution in [0.4, 0.5) is 8.78 Å². The smallest absolute Gasteiger partial charge is 0.266 e. The van der Waals surface area contributed by atoms with E-state index in [4.69, 9.17) is 16.3 Å². The molecule has 1 aliphatic heterocycles. The number of hydrogen-bond donors (Lipinski definition) is 0. The number of thioether (sulfide) groups is 1. The fourth-order valence-electron chi connectivity index (χ4n) is 3.14. The lowest BCUT2D eigenvalue weighted by molar-refractivity contribution is -0.132. The molecular formula is C20H16ClF2N3O3S. The summed E-state index contributed by atoms with van der Waals surface area (Å²) in [5, 5.41) is 0.646. The van der Waals surface area contributed by atoms with Crippen molar-refractivity contribution in [1.29, 1.82) is 0 Å². The van der Waals surface area contributed by atoms with Gasteiger partial charge in [0.15, 0.2) is 5.16 Å². The normalized spacial score (nSPS) is 14.3. The van der Waals surface area contributed by atoms with Crippen LogP contribution >= 0.6 is 23.4 Å². The predicted molar refractivity (Wildman–Crippen MR) is 110 cm³/mol. The fraction of sp³-hybridized carbons (Fsp3) is 0.250. The highest BCUT2D eigenvalue weighted by atomic mass is 35.5. The molecule has 1 fully saturated rings. The summed E-state index contributed by atoms with van der Waals surface area (Å²) in [4.78, 5) is 31.8. The zero-order valence-electron chi connectivity index (χ0n) is 15.6. The highest BCUT2D eigenvalue weighted by Gasteiger charge is 2.21. The second kappa shape index (κ2) is 8.71. The minimum absolute atomic E-state index is 0.00828. The number of carbonyl (C=O) groups is 1. The Labute approximate surface area is 179 Å². The Hall–Kier alpha value is -2.49. The molecule has 3 aromatic rings. The third-order valence-corrected chi connectivity index (χ3v) is 5.80. The zero-order valence-corrected chi connectivity index (χ0v) is 17.2. The van der Waals surface area contributed by atoms with Crippen LogP contribution in [0.15, 0.2) is 46.3 Å². The van der Waals surface area contributed by atoms with Crippen LogP contribution in [0.1, 0.15) is 0 Å². The molecule has 1 aromatic heterocycles. The zero-order chi connectivity index (χ0) is 21.3. The topological polar surface area (TPSA) is 64.4 Å². The van der Waals surface area contributed by atoms with E-state index in [9.17, 15) is 18.4 Å². The van der Waals surface area contributed by atoms with Crippen molar-refractivity contribution in [2.24, 2.45) is 0 Å². The number of fused-ring (bicyclic) bond motifs is 1. The third kappa shape index (κ3) is 4.19. The monoisotopic (exact) mass is 451 g/mol. The van der Waals surface area contributed by atoms with Crippen LogP contribution < -0.4 is 5.56 Å². The lowest BCUT2D eigenvalue weighted by Gasteiger charge is -2.26. The van der Waals surface area contributed by atoms with E-state index in [-0.39, 0.29) is 27.9 Å². The van der Waals surface area contributed by atoms with Gasteiger partial charge in [0.25, 0.3) is 5.56 Å². The molecule has 4 rings (SSSR count). The first-order valence-electron chi connectivity index (χ1n) is 9.10. The van der Waals surface area contributed by atoms with Crippen molar-refractivity contribution < 1.29 is 18.3 Å². The van der Waals surface area contributed by atoms with Crippen molar-refractivity contribution in [3.05, 3.63) is 63.4 Å². The number of hydrogen-bond acceptors (Lipinski definition) is 5. The maximum atomic E-state index is 14.5. The van der Waals surface area contributed by atoms with Gasteiger partial charge >= 0.3 is 0 Å². The molecule has 0 atom stereocenters. The lowest BCUT2D eigenvalue weighted by Crippen LogP contribution is -2.41. The van der Waals surface area contributed by atoms with Crippen molar-refractivity contribution in [3.8, 4) is 5.69 Å². The summed E-state index contributed by atoms with van der Waals surface area (Å²) in [6.45, 7) is 1.92. The number of amides is 1.